The highest BCUT2D eigenvalue weighted by atomic mass is 35.5. The SMILES string of the molecule is COc1ccc(CCNC(=O)NCC(C)(C)C)cc1Cl. The van der Waals surface area contributed by atoms with Crippen LogP contribution in [-0.2, 0) is 6.42 Å². The molecule has 0 aliphatic carbocycles. The molecule has 2 amide bonds. The van der Waals surface area contributed by atoms with Gasteiger partial charge in [-0.15, -0.1) is 0 Å². The molecule has 0 spiro atoms. The van der Waals surface area contributed by atoms with Crippen molar-refractivity contribution in [1.29, 1.82) is 0 Å². The molecule has 0 radical (unpaired) electrons. The Morgan fingerprint density at radius 3 is 2.55 bits per heavy atom. The third-order valence-corrected chi connectivity index (χ3v) is 2.99. The van der Waals surface area contributed by atoms with Gasteiger partial charge in [0.05, 0.1) is 12.1 Å². The van der Waals surface area contributed by atoms with Crippen LogP contribution in [0.5, 0.6) is 5.75 Å². The predicted molar refractivity (Wildman–Crippen MR) is 82.6 cm³/mol. The smallest absolute Gasteiger partial charge is 0.314 e. The third kappa shape index (κ3) is 6.15. The van der Waals surface area contributed by atoms with Crippen LogP contribution in [0.2, 0.25) is 5.02 Å². The maximum absolute atomic E-state index is 11.6. The number of benzene rings is 1. The number of ether oxygens (including phenoxy) is 1. The lowest BCUT2D eigenvalue weighted by Gasteiger charge is -2.18. The number of halogens is 1. The quantitative estimate of drug-likeness (QED) is 0.877. The zero-order valence-corrected chi connectivity index (χ0v) is 13.3. The van der Waals surface area contributed by atoms with E-state index in [2.05, 4.69) is 31.4 Å². The van der Waals surface area contributed by atoms with E-state index in [1.54, 1.807) is 7.11 Å². The van der Waals surface area contributed by atoms with E-state index in [-0.39, 0.29) is 11.4 Å². The largest absolute Gasteiger partial charge is 0.495 e. The molecule has 112 valence electrons. The Kier molecular flexibility index (Phi) is 6.14. The highest BCUT2D eigenvalue weighted by Gasteiger charge is 2.11. The summed E-state index contributed by atoms with van der Waals surface area (Å²) in [5.41, 5.74) is 1.15. The van der Waals surface area contributed by atoms with Crippen molar-refractivity contribution in [3.05, 3.63) is 28.8 Å². The van der Waals surface area contributed by atoms with Crippen LogP contribution >= 0.6 is 11.6 Å². The molecule has 4 nitrogen and oxygen atoms in total. The average molecular weight is 299 g/mol. The van der Waals surface area contributed by atoms with Crippen molar-refractivity contribution in [2.75, 3.05) is 20.2 Å². The van der Waals surface area contributed by atoms with Crippen LogP contribution < -0.4 is 15.4 Å². The molecule has 0 fully saturated rings. The molecule has 0 heterocycles. The summed E-state index contributed by atoms with van der Waals surface area (Å²) in [4.78, 5) is 11.6. The minimum atomic E-state index is -0.139. The minimum absolute atomic E-state index is 0.0842. The first-order valence-electron chi connectivity index (χ1n) is 6.66. The monoisotopic (exact) mass is 298 g/mol. The number of rotatable bonds is 5. The summed E-state index contributed by atoms with van der Waals surface area (Å²) in [7, 11) is 1.59. The normalized spacial score (nSPS) is 11.1. The standard InChI is InChI=1S/C15H23ClN2O2/c1-15(2,3)10-18-14(19)17-8-7-11-5-6-13(20-4)12(16)9-11/h5-6,9H,7-8,10H2,1-4H3,(H2,17,18,19). The number of carbonyl (C=O) groups is 1. The van der Waals surface area contributed by atoms with E-state index in [9.17, 15) is 4.79 Å². The summed E-state index contributed by atoms with van der Waals surface area (Å²) in [6.45, 7) is 7.44. The number of carbonyl (C=O) groups excluding carboxylic acids is 1. The number of amides is 2. The van der Waals surface area contributed by atoms with Gasteiger partial charge in [-0.1, -0.05) is 38.4 Å². The highest BCUT2D eigenvalue weighted by Crippen LogP contribution is 2.24. The van der Waals surface area contributed by atoms with Gasteiger partial charge in [0, 0.05) is 13.1 Å². The molecule has 0 unspecified atom stereocenters. The Hall–Kier alpha value is -1.42. The van der Waals surface area contributed by atoms with Crippen LogP contribution in [0.1, 0.15) is 26.3 Å². The second-order valence-electron chi connectivity index (χ2n) is 5.89. The second kappa shape index (κ2) is 7.39. The van der Waals surface area contributed by atoms with Gasteiger partial charge >= 0.3 is 6.03 Å². The minimum Gasteiger partial charge on any atom is -0.495 e. The number of urea groups is 1. The van der Waals surface area contributed by atoms with Gasteiger partial charge in [0.2, 0.25) is 0 Å². The van der Waals surface area contributed by atoms with E-state index in [4.69, 9.17) is 16.3 Å². The van der Waals surface area contributed by atoms with E-state index in [1.165, 1.54) is 0 Å². The lowest BCUT2D eigenvalue weighted by atomic mass is 9.97. The van der Waals surface area contributed by atoms with Crippen LogP contribution in [0.4, 0.5) is 4.79 Å². The molecule has 0 saturated heterocycles. The fraction of sp³-hybridized carbons (Fsp3) is 0.533. The Balaban J connectivity index is 2.34. The van der Waals surface area contributed by atoms with E-state index >= 15 is 0 Å². The number of hydrogen-bond acceptors (Lipinski definition) is 2. The zero-order valence-electron chi connectivity index (χ0n) is 12.5. The molecular weight excluding hydrogens is 276 g/mol. The maximum Gasteiger partial charge on any atom is 0.314 e. The van der Waals surface area contributed by atoms with Crippen molar-refractivity contribution in [2.24, 2.45) is 5.41 Å². The summed E-state index contributed by atoms with van der Waals surface area (Å²) in [5, 5.41) is 6.26. The van der Waals surface area contributed by atoms with E-state index in [0.29, 0.717) is 23.9 Å². The molecule has 5 heteroatoms. The van der Waals surface area contributed by atoms with E-state index in [1.807, 2.05) is 18.2 Å². The van der Waals surface area contributed by atoms with Crippen LogP contribution in [0.25, 0.3) is 0 Å². The Morgan fingerprint density at radius 2 is 2.00 bits per heavy atom. The lowest BCUT2D eigenvalue weighted by molar-refractivity contribution is 0.235. The summed E-state index contributed by atoms with van der Waals surface area (Å²) in [6, 6.07) is 5.49. The van der Waals surface area contributed by atoms with Gasteiger partial charge < -0.3 is 15.4 Å². The molecule has 0 atom stereocenters. The Labute approximate surface area is 125 Å². The van der Waals surface area contributed by atoms with Crippen molar-refractivity contribution >= 4 is 17.6 Å². The molecule has 0 saturated carbocycles. The van der Waals surface area contributed by atoms with Crippen LogP contribution in [0.15, 0.2) is 18.2 Å². The van der Waals surface area contributed by atoms with Crippen molar-refractivity contribution in [3.63, 3.8) is 0 Å². The summed E-state index contributed by atoms with van der Waals surface area (Å²) >= 11 is 6.05. The van der Waals surface area contributed by atoms with Crippen LogP contribution in [0.3, 0.4) is 0 Å². The zero-order chi connectivity index (χ0) is 15.2. The summed E-state index contributed by atoms with van der Waals surface area (Å²) < 4.78 is 5.09. The molecular formula is C15H23ClN2O2. The van der Waals surface area contributed by atoms with Gasteiger partial charge in [0.15, 0.2) is 0 Å². The number of methoxy groups -OCH3 is 1. The van der Waals surface area contributed by atoms with Gasteiger partial charge in [-0.05, 0) is 29.5 Å². The molecule has 1 aromatic carbocycles. The number of nitrogens with one attached hydrogen (secondary N) is 2. The van der Waals surface area contributed by atoms with Crippen LogP contribution in [-0.4, -0.2) is 26.2 Å². The van der Waals surface area contributed by atoms with Crippen LogP contribution in [0, 0.1) is 5.41 Å². The molecule has 0 aliphatic rings. The first-order valence-corrected chi connectivity index (χ1v) is 7.04. The van der Waals surface area contributed by atoms with Gasteiger partial charge in [0.25, 0.3) is 0 Å². The summed E-state index contributed by atoms with van der Waals surface area (Å²) in [5.74, 6) is 0.659. The Bertz CT molecular complexity index is 456. The second-order valence-corrected chi connectivity index (χ2v) is 6.30. The van der Waals surface area contributed by atoms with Gasteiger partial charge in [-0.25, -0.2) is 4.79 Å². The molecule has 1 aromatic rings. The van der Waals surface area contributed by atoms with Crippen molar-refractivity contribution in [3.8, 4) is 5.75 Å². The molecule has 0 aromatic heterocycles. The van der Waals surface area contributed by atoms with Crippen molar-refractivity contribution < 1.29 is 9.53 Å². The molecule has 0 bridgehead atoms. The van der Waals surface area contributed by atoms with E-state index < -0.39 is 0 Å². The van der Waals surface area contributed by atoms with Gasteiger partial charge in [-0.3, -0.25) is 0 Å². The topological polar surface area (TPSA) is 50.4 Å². The molecule has 20 heavy (non-hydrogen) atoms. The molecule has 2 N–H and O–H groups in total. The fourth-order valence-electron chi connectivity index (χ4n) is 1.59. The van der Waals surface area contributed by atoms with E-state index in [0.717, 1.165) is 12.0 Å². The summed E-state index contributed by atoms with van der Waals surface area (Å²) in [6.07, 6.45) is 0.729. The first kappa shape index (κ1) is 16.6. The van der Waals surface area contributed by atoms with Gasteiger partial charge in [-0.2, -0.15) is 0 Å². The molecule has 0 aliphatic heterocycles. The average Bonchev–Trinajstić information content (AvgIpc) is 2.36. The number of hydrogen-bond donors (Lipinski definition) is 2. The highest BCUT2D eigenvalue weighted by molar-refractivity contribution is 6.32. The van der Waals surface area contributed by atoms with Gasteiger partial charge in [0.1, 0.15) is 5.75 Å². The van der Waals surface area contributed by atoms with Crippen molar-refractivity contribution in [1.82, 2.24) is 10.6 Å². The Morgan fingerprint density at radius 1 is 1.30 bits per heavy atom. The molecule has 1 rings (SSSR count). The predicted octanol–water partition coefficient (Wildman–Crippen LogP) is 3.24. The fourth-order valence-corrected chi connectivity index (χ4v) is 1.87. The lowest BCUT2D eigenvalue weighted by Crippen LogP contribution is -2.40. The first-order chi connectivity index (χ1) is 9.31. The van der Waals surface area contributed by atoms with Crippen molar-refractivity contribution in [2.45, 2.75) is 27.2 Å². The maximum atomic E-state index is 11.6. The third-order valence-electron chi connectivity index (χ3n) is 2.69.